The Hall–Kier alpha value is -2.38. The molecule has 28 heavy (non-hydrogen) atoms. The van der Waals surface area contributed by atoms with Gasteiger partial charge in [-0.2, -0.15) is 0 Å². The highest BCUT2D eigenvalue weighted by Crippen LogP contribution is 2.27. The van der Waals surface area contributed by atoms with Crippen LogP contribution in [0.15, 0.2) is 47.4 Å². The summed E-state index contributed by atoms with van der Waals surface area (Å²) in [5.74, 6) is 1.04. The lowest BCUT2D eigenvalue weighted by molar-refractivity contribution is 0.0781. The Kier molecular flexibility index (Phi) is 4.89. The van der Waals surface area contributed by atoms with Crippen LogP contribution in [0, 0.1) is 25.7 Å². The second kappa shape index (κ2) is 7.22. The van der Waals surface area contributed by atoms with Gasteiger partial charge in [0.15, 0.2) is 0 Å². The van der Waals surface area contributed by atoms with Crippen molar-refractivity contribution in [1.29, 1.82) is 0 Å². The Labute approximate surface area is 166 Å². The topological polar surface area (TPSA) is 78.5 Å². The molecule has 0 saturated carbocycles. The molecule has 0 radical (unpaired) electrons. The molecule has 7 heteroatoms. The van der Waals surface area contributed by atoms with E-state index >= 15 is 0 Å². The largest absolute Gasteiger partial charge is 0.338 e. The van der Waals surface area contributed by atoms with Crippen LogP contribution >= 0.6 is 0 Å². The molecule has 0 unspecified atom stereocenters. The maximum atomic E-state index is 12.7. The van der Waals surface area contributed by atoms with Crippen molar-refractivity contribution >= 4 is 21.6 Å². The van der Waals surface area contributed by atoms with Crippen LogP contribution in [0.1, 0.15) is 21.5 Å². The normalized spacial score (nSPS) is 21.6. The van der Waals surface area contributed by atoms with Gasteiger partial charge in [0.05, 0.1) is 4.90 Å². The number of hydrogen-bond donors (Lipinski definition) is 2. The Bertz CT molecular complexity index is 990. The van der Waals surface area contributed by atoms with Crippen molar-refractivity contribution in [3.63, 3.8) is 0 Å². The molecule has 0 aromatic heterocycles. The number of likely N-dealkylation sites (tertiary alicyclic amines) is 1. The summed E-state index contributed by atoms with van der Waals surface area (Å²) < 4.78 is 27.9. The highest BCUT2D eigenvalue weighted by Gasteiger charge is 2.38. The molecule has 2 aromatic rings. The van der Waals surface area contributed by atoms with E-state index in [4.69, 9.17) is 0 Å². The van der Waals surface area contributed by atoms with Gasteiger partial charge < -0.3 is 10.2 Å². The minimum absolute atomic E-state index is 0.0273. The fraction of sp³-hybridized carbons (Fsp3) is 0.381. The van der Waals surface area contributed by atoms with Gasteiger partial charge in [-0.1, -0.05) is 6.07 Å². The third kappa shape index (κ3) is 3.64. The van der Waals surface area contributed by atoms with E-state index in [-0.39, 0.29) is 10.8 Å². The molecule has 2 fully saturated rings. The number of nitrogens with zero attached hydrogens (tertiary/aromatic N) is 1. The zero-order valence-electron chi connectivity index (χ0n) is 16.1. The number of benzene rings is 2. The van der Waals surface area contributed by atoms with Gasteiger partial charge in [0, 0.05) is 37.4 Å². The predicted molar refractivity (Wildman–Crippen MR) is 109 cm³/mol. The maximum absolute atomic E-state index is 12.7. The molecule has 1 amide bonds. The van der Waals surface area contributed by atoms with Crippen LogP contribution in [0.4, 0.5) is 5.69 Å². The number of rotatable bonds is 4. The van der Waals surface area contributed by atoms with Crippen LogP contribution in [0.3, 0.4) is 0 Å². The monoisotopic (exact) mass is 399 g/mol. The molecule has 2 saturated heterocycles. The zero-order chi connectivity index (χ0) is 19.9. The third-order valence-corrected chi connectivity index (χ3v) is 7.24. The average molecular weight is 400 g/mol. The molecule has 6 nitrogen and oxygen atoms in total. The molecule has 2 aliphatic rings. The van der Waals surface area contributed by atoms with Gasteiger partial charge in [-0.15, -0.1) is 0 Å². The minimum atomic E-state index is -3.70. The number of fused-ring (bicyclic) bond motifs is 1. The standard InChI is InChI=1S/C21H25N3O3S/c1-14-3-6-19(9-15(14)2)23-28(26,27)20-7-4-16(5-8-20)21(25)24-12-17-10-22-11-18(17)13-24/h3-9,17-18,22-23H,10-13H2,1-2H3/t17-,18+. The summed E-state index contributed by atoms with van der Waals surface area (Å²) in [4.78, 5) is 14.8. The summed E-state index contributed by atoms with van der Waals surface area (Å²) in [5.41, 5.74) is 3.18. The number of sulfonamides is 1. The van der Waals surface area contributed by atoms with Crippen LogP contribution in [-0.4, -0.2) is 45.4 Å². The molecule has 0 aliphatic carbocycles. The Morgan fingerprint density at radius 3 is 2.25 bits per heavy atom. The molecule has 2 heterocycles. The van der Waals surface area contributed by atoms with Crippen LogP contribution in [-0.2, 0) is 10.0 Å². The molecule has 2 aliphatic heterocycles. The minimum Gasteiger partial charge on any atom is -0.338 e. The van der Waals surface area contributed by atoms with E-state index in [2.05, 4.69) is 10.0 Å². The Morgan fingerprint density at radius 1 is 1.00 bits per heavy atom. The van der Waals surface area contributed by atoms with Crippen molar-refractivity contribution < 1.29 is 13.2 Å². The second-order valence-electron chi connectivity index (χ2n) is 7.82. The van der Waals surface area contributed by atoms with E-state index in [0.29, 0.717) is 23.1 Å². The molecule has 2 aromatic carbocycles. The molecular weight excluding hydrogens is 374 g/mol. The highest BCUT2D eigenvalue weighted by molar-refractivity contribution is 7.92. The SMILES string of the molecule is Cc1ccc(NS(=O)(=O)c2ccc(C(=O)N3C[C@H]4CNC[C@H]4C3)cc2)cc1C. The molecule has 2 atom stereocenters. The Balaban J connectivity index is 1.47. The molecule has 0 bridgehead atoms. The van der Waals surface area contributed by atoms with E-state index in [0.717, 1.165) is 37.3 Å². The number of hydrogen-bond acceptors (Lipinski definition) is 4. The highest BCUT2D eigenvalue weighted by atomic mass is 32.2. The number of anilines is 1. The molecular formula is C21H25N3O3S. The van der Waals surface area contributed by atoms with Gasteiger partial charge in [0.1, 0.15) is 0 Å². The Morgan fingerprint density at radius 2 is 1.64 bits per heavy atom. The van der Waals surface area contributed by atoms with Crippen molar-refractivity contribution in [2.45, 2.75) is 18.7 Å². The van der Waals surface area contributed by atoms with Gasteiger partial charge in [-0.25, -0.2) is 8.42 Å². The lowest BCUT2D eigenvalue weighted by Gasteiger charge is -2.17. The van der Waals surface area contributed by atoms with E-state index in [1.807, 2.05) is 30.9 Å². The van der Waals surface area contributed by atoms with Crippen molar-refractivity contribution in [1.82, 2.24) is 10.2 Å². The predicted octanol–water partition coefficient (Wildman–Crippen LogP) is 2.40. The summed E-state index contributed by atoms with van der Waals surface area (Å²) in [6.07, 6.45) is 0. The fourth-order valence-electron chi connectivity index (χ4n) is 4.00. The molecule has 0 spiro atoms. The summed E-state index contributed by atoms with van der Waals surface area (Å²) in [7, 11) is -3.70. The van der Waals surface area contributed by atoms with E-state index in [9.17, 15) is 13.2 Å². The average Bonchev–Trinajstić information content (AvgIpc) is 3.26. The maximum Gasteiger partial charge on any atom is 0.261 e. The van der Waals surface area contributed by atoms with E-state index in [1.54, 1.807) is 18.2 Å². The lowest BCUT2D eigenvalue weighted by Crippen LogP contribution is -2.31. The number of aryl methyl sites for hydroxylation is 2. The van der Waals surface area contributed by atoms with Gasteiger partial charge in [0.25, 0.3) is 15.9 Å². The fourth-order valence-corrected chi connectivity index (χ4v) is 5.05. The second-order valence-corrected chi connectivity index (χ2v) is 9.50. The molecule has 2 N–H and O–H groups in total. The first-order valence-electron chi connectivity index (χ1n) is 9.53. The molecule has 4 rings (SSSR count). The quantitative estimate of drug-likeness (QED) is 0.828. The van der Waals surface area contributed by atoms with Crippen LogP contribution in [0.2, 0.25) is 0 Å². The van der Waals surface area contributed by atoms with E-state index in [1.165, 1.54) is 12.1 Å². The van der Waals surface area contributed by atoms with Crippen LogP contribution in [0.5, 0.6) is 0 Å². The first-order chi connectivity index (χ1) is 13.3. The number of nitrogens with one attached hydrogen (secondary N) is 2. The molecule has 148 valence electrons. The van der Waals surface area contributed by atoms with Gasteiger partial charge >= 0.3 is 0 Å². The summed E-state index contributed by atoms with van der Waals surface area (Å²) in [6.45, 7) is 7.39. The van der Waals surface area contributed by atoms with Crippen molar-refractivity contribution in [3.8, 4) is 0 Å². The van der Waals surface area contributed by atoms with E-state index < -0.39 is 10.0 Å². The lowest BCUT2D eigenvalue weighted by atomic mass is 10.0. The summed E-state index contributed by atoms with van der Waals surface area (Å²) in [5, 5.41) is 3.36. The first-order valence-corrected chi connectivity index (χ1v) is 11.0. The zero-order valence-corrected chi connectivity index (χ0v) is 16.9. The van der Waals surface area contributed by atoms with Gasteiger partial charge in [0.2, 0.25) is 0 Å². The summed E-state index contributed by atoms with van der Waals surface area (Å²) in [6, 6.07) is 11.6. The number of carbonyl (C=O) groups is 1. The van der Waals surface area contributed by atoms with Gasteiger partial charge in [-0.05, 0) is 73.2 Å². The third-order valence-electron chi connectivity index (χ3n) is 5.85. The summed E-state index contributed by atoms with van der Waals surface area (Å²) >= 11 is 0. The smallest absolute Gasteiger partial charge is 0.261 e. The van der Waals surface area contributed by atoms with Crippen molar-refractivity contribution in [2.24, 2.45) is 11.8 Å². The van der Waals surface area contributed by atoms with Crippen molar-refractivity contribution in [2.75, 3.05) is 30.9 Å². The van der Waals surface area contributed by atoms with Gasteiger partial charge in [-0.3, -0.25) is 9.52 Å². The number of carbonyl (C=O) groups excluding carboxylic acids is 1. The van der Waals surface area contributed by atoms with Crippen molar-refractivity contribution in [3.05, 3.63) is 59.2 Å². The first kappa shape index (κ1) is 19.0. The van der Waals surface area contributed by atoms with Crippen LogP contribution in [0.25, 0.3) is 0 Å². The van der Waals surface area contributed by atoms with Crippen LogP contribution < -0.4 is 10.0 Å². The number of amides is 1.